The topological polar surface area (TPSA) is 107 Å². The fourth-order valence-corrected chi connectivity index (χ4v) is 3.77. The lowest BCUT2D eigenvalue weighted by atomic mass is 10.1. The molecule has 0 aliphatic heterocycles. The molecule has 0 saturated carbocycles. The summed E-state index contributed by atoms with van der Waals surface area (Å²) >= 11 is 0. The lowest BCUT2D eigenvalue weighted by molar-refractivity contribution is 0.159. The minimum Gasteiger partial charge on any atom is -0.492 e. The van der Waals surface area contributed by atoms with Gasteiger partial charge in [-0.3, -0.25) is 4.79 Å². The molecule has 3 aromatic heterocycles. The maximum absolute atomic E-state index is 12.7. The van der Waals surface area contributed by atoms with Crippen LogP contribution < -0.4 is 5.56 Å². The molecule has 0 aliphatic carbocycles. The fraction of sp³-hybridized carbons (Fsp3) is 0.0909. The molecule has 0 amide bonds. The first-order chi connectivity index (χ1) is 14.1. The van der Waals surface area contributed by atoms with E-state index in [1.165, 1.54) is 0 Å². The summed E-state index contributed by atoms with van der Waals surface area (Å²) < 4.78 is 0.508. The number of aromatic amines is 2. The molecule has 0 spiro atoms. The molecule has 0 fully saturated rings. The van der Waals surface area contributed by atoms with Gasteiger partial charge >= 0.3 is 5.56 Å². The second-order valence-corrected chi connectivity index (χ2v) is 7.02. The van der Waals surface area contributed by atoms with Crippen LogP contribution in [0, 0.1) is 0 Å². The maximum Gasteiger partial charge on any atom is 0.305 e. The van der Waals surface area contributed by atoms with Crippen LogP contribution in [-0.2, 0) is 12.8 Å². The second-order valence-electron chi connectivity index (χ2n) is 7.02. The van der Waals surface area contributed by atoms with Crippen LogP contribution in [0.1, 0.15) is 22.5 Å². The molecular formula is C22H18N4O3. The Morgan fingerprint density at radius 1 is 0.862 bits per heavy atom. The fourth-order valence-electron chi connectivity index (χ4n) is 3.77. The van der Waals surface area contributed by atoms with E-state index in [0.717, 1.165) is 32.9 Å². The molecule has 3 heterocycles. The first-order valence-electron chi connectivity index (χ1n) is 9.25. The summed E-state index contributed by atoms with van der Waals surface area (Å²) in [7, 11) is 0. The van der Waals surface area contributed by atoms with Gasteiger partial charge in [-0.25, -0.2) is 4.98 Å². The second kappa shape index (κ2) is 6.56. The monoisotopic (exact) mass is 386 g/mol. The highest BCUT2D eigenvalue weighted by molar-refractivity contribution is 5.84. The predicted octanol–water partition coefficient (Wildman–Crippen LogP) is 3.33. The lowest BCUT2D eigenvalue weighted by Gasteiger charge is -2.10. The third-order valence-corrected chi connectivity index (χ3v) is 5.26. The SMILES string of the molecule is O=c1c(Cc2c[nH]c3ccccc23)nc(O)c(Cc2c[nH]c3ccccc23)n1O. The van der Waals surface area contributed by atoms with Gasteiger partial charge < -0.3 is 20.3 Å². The van der Waals surface area contributed by atoms with Gasteiger partial charge in [-0.05, 0) is 23.3 Å². The van der Waals surface area contributed by atoms with Crippen molar-refractivity contribution in [3.63, 3.8) is 0 Å². The van der Waals surface area contributed by atoms with Crippen molar-refractivity contribution < 1.29 is 10.3 Å². The van der Waals surface area contributed by atoms with Crippen LogP contribution in [0.2, 0.25) is 0 Å². The van der Waals surface area contributed by atoms with E-state index in [9.17, 15) is 15.1 Å². The predicted molar refractivity (Wildman–Crippen MR) is 110 cm³/mol. The van der Waals surface area contributed by atoms with Gasteiger partial charge in [-0.2, -0.15) is 0 Å². The minimum atomic E-state index is -0.636. The number of hydrogen-bond acceptors (Lipinski definition) is 4. The Morgan fingerprint density at radius 3 is 2.03 bits per heavy atom. The number of benzene rings is 2. The molecule has 0 atom stereocenters. The van der Waals surface area contributed by atoms with Crippen LogP contribution in [0.3, 0.4) is 0 Å². The Hall–Kier alpha value is -4.00. The molecule has 5 rings (SSSR count). The molecule has 29 heavy (non-hydrogen) atoms. The van der Waals surface area contributed by atoms with Crippen LogP contribution in [0.25, 0.3) is 21.8 Å². The number of H-pyrrole nitrogens is 2. The smallest absolute Gasteiger partial charge is 0.305 e. The highest BCUT2D eigenvalue weighted by atomic mass is 16.5. The van der Waals surface area contributed by atoms with Gasteiger partial charge in [-0.1, -0.05) is 36.4 Å². The van der Waals surface area contributed by atoms with E-state index in [0.29, 0.717) is 4.73 Å². The van der Waals surface area contributed by atoms with Crippen molar-refractivity contribution in [3.8, 4) is 5.88 Å². The number of para-hydroxylation sites is 2. The summed E-state index contributed by atoms with van der Waals surface area (Å²) in [5.41, 5.74) is 3.12. The molecule has 0 aliphatic rings. The number of hydrogen-bond donors (Lipinski definition) is 4. The van der Waals surface area contributed by atoms with E-state index in [2.05, 4.69) is 15.0 Å². The van der Waals surface area contributed by atoms with E-state index in [1.807, 2.05) is 54.7 Å². The summed E-state index contributed by atoms with van der Waals surface area (Å²) in [6.45, 7) is 0. The first kappa shape index (κ1) is 17.1. The van der Waals surface area contributed by atoms with E-state index < -0.39 is 5.56 Å². The standard InChI is InChI=1S/C22H18N4O3/c27-21-20(10-14-12-24-18-8-4-2-6-16(14)18)26(29)22(28)19(25-21)9-13-11-23-17-7-3-1-5-15(13)17/h1-8,11-12,23-24,27,29H,9-10H2. The number of nitrogens with one attached hydrogen (secondary N) is 2. The largest absolute Gasteiger partial charge is 0.492 e. The maximum atomic E-state index is 12.7. The van der Waals surface area contributed by atoms with E-state index in [-0.39, 0.29) is 30.1 Å². The molecule has 0 saturated heterocycles. The zero-order valence-corrected chi connectivity index (χ0v) is 15.4. The van der Waals surface area contributed by atoms with Crippen LogP contribution in [0.15, 0.2) is 65.7 Å². The average molecular weight is 386 g/mol. The minimum absolute atomic E-state index is 0.0578. The summed E-state index contributed by atoms with van der Waals surface area (Å²) in [4.78, 5) is 23.1. The summed E-state index contributed by atoms with van der Waals surface area (Å²) in [5, 5.41) is 22.9. The molecule has 0 bridgehead atoms. The molecule has 0 radical (unpaired) electrons. The van der Waals surface area contributed by atoms with Gasteiger partial charge in [0.1, 0.15) is 11.4 Å². The zero-order valence-electron chi connectivity index (χ0n) is 15.4. The Labute approximate surface area is 164 Å². The van der Waals surface area contributed by atoms with Gasteiger partial charge in [0.05, 0.1) is 0 Å². The Morgan fingerprint density at radius 2 is 1.41 bits per heavy atom. The number of aromatic nitrogens is 4. The number of rotatable bonds is 4. The quantitative estimate of drug-likeness (QED) is 0.355. The molecule has 2 aromatic carbocycles. The third-order valence-electron chi connectivity index (χ3n) is 5.26. The summed E-state index contributed by atoms with van der Waals surface area (Å²) in [5.74, 6) is -0.354. The number of aromatic hydroxyl groups is 1. The molecule has 7 heteroatoms. The van der Waals surface area contributed by atoms with Crippen molar-refractivity contribution in [1.82, 2.24) is 19.7 Å². The van der Waals surface area contributed by atoms with E-state index in [1.54, 1.807) is 6.20 Å². The molecular weight excluding hydrogens is 368 g/mol. The number of fused-ring (bicyclic) bond motifs is 2. The molecule has 144 valence electrons. The van der Waals surface area contributed by atoms with Crippen molar-refractivity contribution in [3.05, 3.63) is 93.8 Å². The molecule has 0 unspecified atom stereocenters. The average Bonchev–Trinajstić information content (AvgIpc) is 3.34. The highest BCUT2D eigenvalue weighted by Crippen LogP contribution is 2.24. The zero-order chi connectivity index (χ0) is 20.0. The van der Waals surface area contributed by atoms with Gasteiger partial charge in [0, 0.05) is 47.0 Å². The Kier molecular flexibility index (Phi) is 3.87. The Bertz CT molecular complexity index is 1410. The number of nitrogens with zero attached hydrogens (tertiary/aromatic N) is 2. The van der Waals surface area contributed by atoms with E-state index in [4.69, 9.17) is 0 Å². The molecule has 7 nitrogen and oxygen atoms in total. The van der Waals surface area contributed by atoms with Crippen molar-refractivity contribution in [1.29, 1.82) is 0 Å². The van der Waals surface area contributed by atoms with Crippen LogP contribution >= 0.6 is 0 Å². The van der Waals surface area contributed by atoms with Gasteiger partial charge in [0.15, 0.2) is 0 Å². The molecule has 4 N–H and O–H groups in total. The van der Waals surface area contributed by atoms with Gasteiger partial charge in [-0.15, -0.1) is 4.73 Å². The lowest BCUT2D eigenvalue weighted by Crippen LogP contribution is -2.27. The van der Waals surface area contributed by atoms with Crippen molar-refractivity contribution in [2.45, 2.75) is 12.8 Å². The third kappa shape index (κ3) is 2.84. The first-order valence-corrected chi connectivity index (χ1v) is 9.25. The Balaban J connectivity index is 1.53. The van der Waals surface area contributed by atoms with Crippen molar-refractivity contribution in [2.24, 2.45) is 0 Å². The van der Waals surface area contributed by atoms with Gasteiger partial charge in [0.25, 0.3) is 0 Å². The normalized spacial score (nSPS) is 11.4. The van der Waals surface area contributed by atoms with E-state index >= 15 is 0 Å². The van der Waals surface area contributed by atoms with Crippen molar-refractivity contribution in [2.75, 3.05) is 0 Å². The summed E-state index contributed by atoms with van der Waals surface area (Å²) in [6, 6.07) is 15.4. The molecule has 5 aromatic rings. The van der Waals surface area contributed by atoms with Crippen LogP contribution in [0.4, 0.5) is 0 Å². The van der Waals surface area contributed by atoms with Crippen LogP contribution in [0.5, 0.6) is 5.88 Å². The van der Waals surface area contributed by atoms with Crippen LogP contribution in [-0.4, -0.2) is 30.0 Å². The summed E-state index contributed by atoms with van der Waals surface area (Å²) in [6.07, 6.45) is 3.98. The highest BCUT2D eigenvalue weighted by Gasteiger charge is 2.19. The van der Waals surface area contributed by atoms with Gasteiger partial charge in [0.2, 0.25) is 5.88 Å². The van der Waals surface area contributed by atoms with Crippen molar-refractivity contribution >= 4 is 21.8 Å².